The quantitative estimate of drug-likeness (QED) is 0.200. The lowest BCUT2D eigenvalue weighted by Gasteiger charge is -2.14. The minimum Gasteiger partial charge on any atom is -0.490 e. The van der Waals surface area contributed by atoms with Gasteiger partial charge in [-0.1, -0.05) is 30.3 Å². The van der Waals surface area contributed by atoms with Gasteiger partial charge in [0.25, 0.3) is 11.4 Å². The van der Waals surface area contributed by atoms with Crippen molar-refractivity contribution in [2.45, 2.75) is 20.0 Å². The molecule has 0 aliphatic rings. The number of nitro benzene ring substituents is 2. The van der Waals surface area contributed by atoms with Crippen LogP contribution in [0.15, 0.2) is 70.2 Å². The van der Waals surface area contributed by atoms with Gasteiger partial charge in [-0.15, -0.1) is 0 Å². The van der Waals surface area contributed by atoms with Crippen molar-refractivity contribution in [3.8, 4) is 11.5 Å². The minimum atomic E-state index is -0.540. The Morgan fingerprint density at radius 3 is 2.56 bits per heavy atom. The fraction of sp³-hybridized carbons (Fsp3) is 0.167. The molecule has 0 atom stereocenters. The van der Waals surface area contributed by atoms with Crippen molar-refractivity contribution >= 4 is 39.4 Å². The Morgan fingerprint density at radius 2 is 1.83 bits per heavy atom. The first-order chi connectivity index (χ1) is 17.3. The number of hydrogen-bond acceptors (Lipinski definition) is 8. The molecule has 3 rings (SSSR count). The van der Waals surface area contributed by atoms with Gasteiger partial charge >= 0.3 is 0 Å². The zero-order valence-corrected chi connectivity index (χ0v) is 20.6. The lowest BCUT2D eigenvalue weighted by atomic mass is 10.1. The van der Waals surface area contributed by atoms with Crippen molar-refractivity contribution in [2.75, 3.05) is 6.61 Å². The topological polar surface area (TPSA) is 146 Å². The molecule has 0 heterocycles. The molecular weight excluding hydrogens is 536 g/mol. The summed E-state index contributed by atoms with van der Waals surface area (Å²) in [6, 6.07) is 15.5. The molecule has 1 amide bonds. The van der Waals surface area contributed by atoms with E-state index in [1.165, 1.54) is 36.5 Å². The Morgan fingerprint density at radius 1 is 1.06 bits per heavy atom. The Hall–Kier alpha value is -4.32. The molecule has 3 aromatic rings. The van der Waals surface area contributed by atoms with Crippen LogP contribution < -0.4 is 14.9 Å². The molecule has 0 bridgehead atoms. The van der Waals surface area contributed by atoms with Crippen LogP contribution in [0.4, 0.5) is 11.4 Å². The average molecular weight is 557 g/mol. The number of non-ortho nitro benzene ring substituents is 1. The summed E-state index contributed by atoms with van der Waals surface area (Å²) in [6.07, 6.45) is 1.20. The third-order valence-electron chi connectivity index (χ3n) is 4.78. The van der Waals surface area contributed by atoms with Crippen LogP contribution in [-0.2, 0) is 17.8 Å². The van der Waals surface area contributed by atoms with Crippen LogP contribution in [-0.4, -0.2) is 28.6 Å². The van der Waals surface area contributed by atoms with Crippen LogP contribution in [0.2, 0.25) is 0 Å². The molecule has 0 radical (unpaired) electrons. The highest BCUT2D eigenvalue weighted by molar-refractivity contribution is 9.10. The van der Waals surface area contributed by atoms with Gasteiger partial charge in [-0.25, -0.2) is 5.43 Å². The third-order valence-corrected chi connectivity index (χ3v) is 5.37. The van der Waals surface area contributed by atoms with Gasteiger partial charge in [-0.3, -0.25) is 25.0 Å². The number of amides is 1. The summed E-state index contributed by atoms with van der Waals surface area (Å²) in [5.41, 5.74) is 3.67. The molecule has 0 unspecified atom stereocenters. The summed E-state index contributed by atoms with van der Waals surface area (Å²) in [4.78, 5) is 33.3. The number of ether oxygens (including phenoxy) is 2. The number of carbonyl (C=O) groups is 1. The molecule has 1 N–H and O–H groups in total. The van der Waals surface area contributed by atoms with Crippen LogP contribution >= 0.6 is 15.9 Å². The minimum absolute atomic E-state index is 0.0318. The summed E-state index contributed by atoms with van der Waals surface area (Å²) in [7, 11) is 0. The molecule has 0 aliphatic heterocycles. The van der Waals surface area contributed by atoms with Crippen molar-refractivity contribution in [3.63, 3.8) is 0 Å². The van der Waals surface area contributed by atoms with E-state index in [2.05, 4.69) is 26.5 Å². The van der Waals surface area contributed by atoms with Gasteiger partial charge in [-0.2, -0.15) is 5.10 Å². The van der Waals surface area contributed by atoms with Crippen molar-refractivity contribution in [1.29, 1.82) is 0 Å². The number of nitro groups is 2. The molecule has 3 aromatic carbocycles. The zero-order valence-electron chi connectivity index (χ0n) is 19.0. The monoisotopic (exact) mass is 556 g/mol. The number of nitrogens with one attached hydrogen (secondary N) is 1. The zero-order chi connectivity index (χ0) is 26.1. The molecule has 36 heavy (non-hydrogen) atoms. The van der Waals surface area contributed by atoms with Gasteiger partial charge in [0.2, 0.25) is 5.91 Å². The summed E-state index contributed by atoms with van der Waals surface area (Å²) < 4.78 is 12.1. The van der Waals surface area contributed by atoms with E-state index in [0.717, 1.165) is 0 Å². The van der Waals surface area contributed by atoms with E-state index in [-0.39, 0.29) is 30.0 Å². The second-order valence-corrected chi connectivity index (χ2v) is 8.19. The molecule has 0 fully saturated rings. The number of halogens is 1. The fourth-order valence-electron chi connectivity index (χ4n) is 3.21. The Labute approximate surface area is 214 Å². The van der Waals surface area contributed by atoms with Gasteiger partial charge < -0.3 is 9.47 Å². The number of benzene rings is 3. The highest BCUT2D eigenvalue weighted by Crippen LogP contribution is 2.37. The molecule has 12 heteroatoms. The number of carbonyl (C=O) groups excluding carboxylic acids is 1. The summed E-state index contributed by atoms with van der Waals surface area (Å²) >= 11 is 3.44. The number of rotatable bonds is 11. The van der Waals surface area contributed by atoms with Crippen LogP contribution in [0, 0.1) is 20.2 Å². The highest BCUT2D eigenvalue weighted by atomic mass is 79.9. The van der Waals surface area contributed by atoms with Crippen molar-refractivity contribution in [3.05, 3.63) is 102 Å². The van der Waals surface area contributed by atoms with Gasteiger partial charge in [0.15, 0.2) is 11.5 Å². The van der Waals surface area contributed by atoms with E-state index in [1.54, 1.807) is 30.3 Å². The molecule has 186 valence electrons. The second kappa shape index (κ2) is 12.4. The van der Waals surface area contributed by atoms with E-state index < -0.39 is 15.8 Å². The van der Waals surface area contributed by atoms with E-state index in [9.17, 15) is 25.0 Å². The van der Waals surface area contributed by atoms with Gasteiger partial charge in [0.1, 0.15) is 6.61 Å². The maximum Gasteiger partial charge on any atom is 0.273 e. The summed E-state index contributed by atoms with van der Waals surface area (Å²) in [5.74, 6) is 0.299. The SMILES string of the molecule is CCOc1cc(/C=N/NC(=O)Cc2ccccc2[N+](=O)[O-])cc(Br)c1OCc1cccc([N+](=O)[O-])c1. The number of hydrazone groups is 1. The first-order valence-corrected chi connectivity index (χ1v) is 11.4. The van der Waals surface area contributed by atoms with Crippen LogP contribution in [0.25, 0.3) is 0 Å². The van der Waals surface area contributed by atoms with E-state index in [0.29, 0.717) is 33.7 Å². The first kappa shape index (κ1) is 26.3. The molecule has 0 spiro atoms. The molecule has 0 aromatic heterocycles. The van der Waals surface area contributed by atoms with Crippen LogP contribution in [0.3, 0.4) is 0 Å². The first-order valence-electron chi connectivity index (χ1n) is 10.6. The Bertz CT molecular complexity index is 1310. The van der Waals surface area contributed by atoms with E-state index >= 15 is 0 Å². The van der Waals surface area contributed by atoms with Crippen LogP contribution in [0.1, 0.15) is 23.6 Å². The van der Waals surface area contributed by atoms with Crippen molar-refractivity contribution in [1.82, 2.24) is 5.43 Å². The lowest BCUT2D eigenvalue weighted by Crippen LogP contribution is -2.20. The van der Waals surface area contributed by atoms with Gasteiger partial charge in [0.05, 0.1) is 33.6 Å². The number of hydrogen-bond donors (Lipinski definition) is 1. The molecule has 0 saturated carbocycles. The van der Waals surface area contributed by atoms with Gasteiger partial charge in [0, 0.05) is 23.8 Å². The van der Waals surface area contributed by atoms with Crippen LogP contribution in [0.5, 0.6) is 11.5 Å². The predicted molar refractivity (Wildman–Crippen MR) is 135 cm³/mol. The Balaban J connectivity index is 1.69. The predicted octanol–water partition coefficient (Wildman–Crippen LogP) is 4.94. The summed E-state index contributed by atoms with van der Waals surface area (Å²) in [5, 5.41) is 26.0. The molecule has 0 saturated heterocycles. The van der Waals surface area contributed by atoms with E-state index in [1.807, 2.05) is 6.92 Å². The second-order valence-electron chi connectivity index (χ2n) is 7.33. The fourth-order valence-corrected chi connectivity index (χ4v) is 3.78. The van der Waals surface area contributed by atoms with E-state index in [4.69, 9.17) is 9.47 Å². The molecule has 11 nitrogen and oxygen atoms in total. The largest absolute Gasteiger partial charge is 0.490 e. The van der Waals surface area contributed by atoms with Crippen molar-refractivity contribution in [2.24, 2.45) is 5.10 Å². The molecule has 0 aliphatic carbocycles. The highest BCUT2D eigenvalue weighted by Gasteiger charge is 2.16. The average Bonchev–Trinajstić information content (AvgIpc) is 2.84. The number of para-hydroxylation sites is 1. The van der Waals surface area contributed by atoms with Crippen molar-refractivity contribution < 1.29 is 24.1 Å². The normalized spacial score (nSPS) is 10.7. The molecular formula is C24H21BrN4O7. The summed E-state index contributed by atoms with van der Waals surface area (Å²) in [6.45, 7) is 2.24. The lowest BCUT2D eigenvalue weighted by molar-refractivity contribution is -0.385. The Kier molecular flexibility index (Phi) is 9.06. The maximum absolute atomic E-state index is 12.2. The van der Waals surface area contributed by atoms with Gasteiger partial charge in [-0.05, 0) is 46.1 Å². The maximum atomic E-state index is 12.2. The number of nitrogens with zero attached hydrogens (tertiary/aromatic N) is 3. The standard InChI is InChI=1S/C24H21BrN4O7/c1-2-35-22-12-17(14-26-27-23(30)13-18-7-3-4-9-21(18)29(33)34)11-20(25)24(22)36-15-16-6-5-8-19(10-16)28(31)32/h3-12,14H,2,13,15H2,1H3,(H,27,30)/b26-14+. The third kappa shape index (κ3) is 7.09. The smallest absolute Gasteiger partial charge is 0.273 e.